The van der Waals surface area contributed by atoms with Crippen molar-refractivity contribution in [2.75, 3.05) is 19.6 Å². The fraction of sp³-hybridized carbons (Fsp3) is 0.818. The molecule has 1 N–H and O–H groups in total. The van der Waals surface area contributed by atoms with E-state index < -0.39 is 30.3 Å². The van der Waals surface area contributed by atoms with Gasteiger partial charge >= 0.3 is 30.3 Å². The van der Waals surface area contributed by atoms with Gasteiger partial charge in [-0.3, -0.25) is 0 Å². The lowest BCUT2D eigenvalue weighted by atomic mass is 10.4. The van der Waals surface area contributed by atoms with Gasteiger partial charge in [0.25, 0.3) is 0 Å². The summed E-state index contributed by atoms with van der Waals surface area (Å²) < 4.78 is 82.3. The van der Waals surface area contributed by atoms with E-state index >= 15 is 0 Å². The van der Waals surface area contributed by atoms with E-state index in [2.05, 4.69) is 14.8 Å². The third-order valence-electron chi connectivity index (χ3n) is 3.25. The lowest BCUT2D eigenvalue weighted by Gasteiger charge is -2.35. The number of hydrogen-bond acceptors (Lipinski definition) is 6. The Morgan fingerprint density at radius 1 is 1.04 bits per heavy atom. The molecule has 23 heavy (non-hydrogen) atoms. The minimum atomic E-state index is -5.45. The maximum atomic E-state index is 12.4. The molecule has 0 aromatic heterocycles. The molecule has 1 saturated carbocycles. The first-order valence-corrected chi connectivity index (χ1v) is 6.54. The van der Waals surface area contributed by atoms with Crippen LogP contribution >= 0.6 is 0 Å². The highest BCUT2D eigenvalue weighted by Gasteiger charge is 2.57. The topological polar surface area (TPSA) is 67.9 Å². The summed E-state index contributed by atoms with van der Waals surface area (Å²) in [5.74, 6) is -5.49. The van der Waals surface area contributed by atoms with Gasteiger partial charge in [0.2, 0.25) is 0 Å². The van der Waals surface area contributed by atoms with Crippen LogP contribution in [0.25, 0.3) is 0 Å². The van der Waals surface area contributed by atoms with Crippen LogP contribution in [0.3, 0.4) is 0 Å². The van der Waals surface area contributed by atoms with Gasteiger partial charge in [0.05, 0.1) is 0 Å². The standard InChI is InChI=1S/C11H12F6N2O4/c12-9(13,14)7(20)22-11(23-8(21)10(15,16)17)18-3-4-19(11)5-6-1-2-6/h6,18H,1-5H2. The van der Waals surface area contributed by atoms with Crippen LogP contribution in [0.15, 0.2) is 0 Å². The highest BCUT2D eigenvalue weighted by molar-refractivity contribution is 5.78. The largest absolute Gasteiger partial charge is 0.491 e. The lowest BCUT2D eigenvalue weighted by Crippen LogP contribution is -2.60. The van der Waals surface area contributed by atoms with Gasteiger partial charge in [0.15, 0.2) is 0 Å². The minimum absolute atomic E-state index is 0.0310. The van der Waals surface area contributed by atoms with Crippen molar-refractivity contribution in [3.05, 3.63) is 0 Å². The number of halogens is 6. The fourth-order valence-corrected chi connectivity index (χ4v) is 2.02. The van der Waals surface area contributed by atoms with Gasteiger partial charge in [-0.25, -0.2) is 19.8 Å². The Balaban J connectivity index is 2.22. The van der Waals surface area contributed by atoms with E-state index in [0.29, 0.717) is 0 Å². The number of hydrogen-bond donors (Lipinski definition) is 1. The predicted octanol–water partition coefficient (Wildman–Crippen LogP) is 1.12. The Labute approximate surface area is 125 Å². The number of rotatable bonds is 4. The quantitative estimate of drug-likeness (QED) is 0.466. The maximum absolute atomic E-state index is 12.4. The van der Waals surface area contributed by atoms with Gasteiger partial charge < -0.3 is 9.47 Å². The molecule has 132 valence electrons. The number of esters is 2. The minimum Gasteiger partial charge on any atom is -0.388 e. The monoisotopic (exact) mass is 350 g/mol. The summed E-state index contributed by atoms with van der Waals surface area (Å²) in [7, 11) is 0. The molecule has 12 heteroatoms. The van der Waals surface area contributed by atoms with Gasteiger partial charge in [-0.05, 0) is 18.8 Å². The first kappa shape index (κ1) is 17.8. The summed E-state index contributed by atoms with van der Waals surface area (Å²) in [4.78, 5) is 23.0. The van der Waals surface area contributed by atoms with Crippen molar-refractivity contribution < 1.29 is 45.4 Å². The van der Waals surface area contributed by atoms with Gasteiger partial charge in [-0.15, -0.1) is 0 Å². The summed E-state index contributed by atoms with van der Waals surface area (Å²) in [5, 5.41) is 2.10. The molecule has 1 heterocycles. The van der Waals surface area contributed by atoms with E-state index in [1.165, 1.54) is 0 Å². The molecule has 0 radical (unpaired) electrons. The van der Waals surface area contributed by atoms with Crippen LogP contribution in [0.4, 0.5) is 26.3 Å². The number of ether oxygens (including phenoxy) is 2. The van der Waals surface area contributed by atoms with E-state index in [1.54, 1.807) is 0 Å². The first-order chi connectivity index (χ1) is 10.4. The van der Waals surface area contributed by atoms with E-state index in [-0.39, 0.29) is 25.6 Å². The molecule has 2 aliphatic rings. The summed E-state index contributed by atoms with van der Waals surface area (Å²) in [6.07, 6.45) is -9.44. The van der Waals surface area contributed by atoms with Crippen molar-refractivity contribution in [2.24, 2.45) is 5.92 Å². The third kappa shape index (κ3) is 4.25. The van der Waals surface area contributed by atoms with Gasteiger partial charge in [0.1, 0.15) is 0 Å². The molecule has 0 aromatic rings. The molecule has 0 spiro atoms. The highest BCUT2D eigenvalue weighted by atomic mass is 19.4. The maximum Gasteiger partial charge on any atom is 0.491 e. The second-order valence-corrected chi connectivity index (χ2v) is 5.17. The molecule has 2 rings (SSSR count). The van der Waals surface area contributed by atoms with Crippen molar-refractivity contribution in [1.29, 1.82) is 0 Å². The summed E-state index contributed by atoms with van der Waals surface area (Å²) in [6.45, 7) is -0.140. The molecule has 0 amide bonds. The van der Waals surface area contributed by atoms with Crippen molar-refractivity contribution in [3.8, 4) is 0 Å². The van der Waals surface area contributed by atoms with Crippen molar-refractivity contribution in [2.45, 2.75) is 31.2 Å². The number of carbonyl (C=O) groups is 2. The molecule has 2 fully saturated rings. The predicted molar refractivity (Wildman–Crippen MR) is 59.3 cm³/mol. The van der Waals surface area contributed by atoms with Crippen LogP contribution in [0.2, 0.25) is 0 Å². The number of alkyl halides is 6. The molecule has 1 saturated heterocycles. The molecule has 1 aliphatic carbocycles. The lowest BCUT2D eigenvalue weighted by molar-refractivity contribution is -0.316. The van der Waals surface area contributed by atoms with Crippen LogP contribution in [0, 0.1) is 5.92 Å². The van der Waals surface area contributed by atoms with Crippen LogP contribution in [0.1, 0.15) is 12.8 Å². The summed E-state index contributed by atoms with van der Waals surface area (Å²) in [6, 6.07) is -2.91. The smallest absolute Gasteiger partial charge is 0.388 e. The van der Waals surface area contributed by atoms with E-state index in [0.717, 1.165) is 17.7 Å². The summed E-state index contributed by atoms with van der Waals surface area (Å²) >= 11 is 0. The first-order valence-electron chi connectivity index (χ1n) is 6.54. The third-order valence-corrected chi connectivity index (χ3v) is 3.25. The molecular formula is C11H12F6N2O4. The Morgan fingerprint density at radius 2 is 1.52 bits per heavy atom. The zero-order valence-corrected chi connectivity index (χ0v) is 11.5. The van der Waals surface area contributed by atoms with E-state index in [1.807, 2.05) is 0 Å². The Bertz CT molecular complexity index is 460. The van der Waals surface area contributed by atoms with Crippen LogP contribution in [-0.4, -0.2) is 54.9 Å². The normalized spacial score (nSPS) is 22.0. The Hall–Kier alpha value is -1.56. The van der Waals surface area contributed by atoms with Crippen LogP contribution < -0.4 is 5.32 Å². The molecule has 1 aliphatic heterocycles. The number of nitrogens with zero attached hydrogens (tertiary/aromatic N) is 1. The average molecular weight is 350 g/mol. The summed E-state index contributed by atoms with van der Waals surface area (Å²) in [5.41, 5.74) is 0. The molecule has 6 nitrogen and oxygen atoms in total. The average Bonchev–Trinajstić information content (AvgIpc) is 3.11. The second-order valence-electron chi connectivity index (χ2n) is 5.17. The SMILES string of the molecule is O=C(OC1(OC(=O)C(F)(F)F)NCCN1CC1CC1)C(F)(F)F. The van der Waals surface area contributed by atoms with Crippen molar-refractivity contribution in [1.82, 2.24) is 10.2 Å². The molecule has 0 atom stereocenters. The zero-order valence-electron chi connectivity index (χ0n) is 11.5. The van der Waals surface area contributed by atoms with E-state index in [9.17, 15) is 35.9 Å². The van der Waals surface area contributed by atoms with Gasteiger partial charge in [0, 0.05) is 19.6 Å². The zero-order chi connectivity index (χ0) is 17.5. The molecule has 0 bridgehead atoms. The number of carbonyl (C=O) groups excluding carboxylic acids is 2. The Morgan fingerprint density at radius 3 is 1.91 bits per heavy atom. The fourth-order valence-electron chi connectivity index (χ4n) is 2.02. The molecule has 0 unspecified atom stereocenters. The van der Waals surface area contributed by atoms with Crippen molar-refractivity contribution >= 4 is 11.9 Å². The Kier molecular flexibility index (Phi) is 4.50. The second kappa shape index (κ2) is 5.82. The highest BCUT2D eigenvalue weighted by Crippen LogP contribution is 2.35. The molecular weight excluding hydrogens is 338 g/mol. The molecule has 0 aromatic carbocycles. The van der Waals surface area contributed by atoms with E-state index in [4.69, 9.17) is 0 Å². The van der Waals surface area contributed by atoms with Gasteiger partial charge in [-0.1, -0.05) is 0 Å². The van der Waals surface area contributed by atoms with Crippen LogP contribution in [0.5, 0.6) is 0 Å². The van der Waals surface area contributed by atoms with Gasteiger partial charge in [-0.2, -0.15) is 26.3 Å². The van der Waals surface area contributed by atoms with Crippen LogP contribution in [-0.2, 0) is 19.1 Å². The number of nitrogens with one attached hydrogen (secondary N) is 1. The van der Waals surface area contributed by atoms with Crippen molar-refractivity contribution in [3.63, 3.8) is 0 Å².